The van der Waals surface area contributed by atoms with E-state index in [2.05, 4.69) is 15.5 Å². The molecule has 1 amide bonds. The molecule has 3 N–H and O–H groups in total. The van der Waals surface area contributed by atoms with Crippen LogP contribution in [-0.4, -0.2) is 51.2 Å². The molecular formula is C22H19FN4O6. The van der Waals surface area contributed by atoms with Gasteiger partial charge in [0.15, 0.2) is 23.1 Å². The van der Waals surface area contributed by atoms with E-state index in [1.54, 1.807) is 22.8 Å². The van der Waals surface area contributed by atoms with Gasteiger partial charge in [-0.3, -0.25) is 4.79 Å². The minimum atomic E-state index is -1.04. The fourth-order valence-corrected chi connectivity index (χ4v) is 3.87. The molecule has 0 atom stereocenters. The first-order valence-electron chi connectivity index (χ1n) is 9.93. The monoisotopic (exact) mass is 454 g/mol. The van der Waals surface area contributed by atoms with Crippen molar-refractivity contribution in [3.63, 3.8) is 0 Å². The fraction of sp³-hybridized carbons (Fsp3) is 0.227. The molecule has 2 aromatic carbocycles. The summed E-state index contributed by atoms with van der Waals surface area (Å²) in [6.07, 6.45) is 1.34. The topological polar surface area (TPSA) is 132 Å². The van der Waals surface area contributed by atoms with Crippen molar-refractivity contribution in [2.24, 2.45) is 0 Å². The number of anilines is 1. The fourth-order valence-electron chi connectivity index (χ4n) is 3.87. The molecule has 33 heavy (non-hydrogen) atoms. The lowest BCUT2D eigenvalue weighted by atomic mass is 9.98. The van der Waals surface area contributed by atoms with Crippen LogP contribution in [0.2, 0.25) is 0 Å². The van der Waals surface area contributed by atoms with Crippen LogP contribution >= 0.6 is 0 Å². The number of imidazole rings is 1. The number of hydrogen-bond acceptors (Lipinski definition) is 8. The molecule has 4 aromatic rings. The van der Waals surface area contributed by atoms with Crippen molar-refractivity contribution in [1.29, 1.82) is 0 Å². The van der Waals surface area contributed by atoms with E-state index in [0.717, 1.165) is 0 Å². The molecule has 0 bridgehead atoms. The standard InChI is InChI=1S/C22H19FN4O6/c1-22(9-32-10-22)27-14-7-11(21(30)25-16-5-6-33-26-16)3-4-13(14)24-20(27)12-8-15(31-2)18(28)19(29)17(12)23/h3-8,28-29H,9-10H2,1-2H3,(H,25,26,30). The summed E-state index contributed by atoms with van der Waals surface area (Å²) in [5.74, 6) is -2.75. The quantitative estimate of drug-likeness (QED) is 0.392. The lowest BCUT2D eigenvalue weighted by Gasteiger charge is -2.40. The molecule has 10 nitrogen and oxygen atoms in total. The number of carbonyl (C=O) groups excluding carboxylic acids is 1. The number of halogens is 1. The second kappa shape index (κ2) is 7.48. The summed E-state index contributed by atoms with van der Waals surface area (Å²) in [6, 6.07) is 7.65. The van der Waals surface area contributed by atoms with Gasteiger partial charge in [0, 0.05) is 11.6 Å². The number of ether oxygens (including phenoxy) is 2. The first kappa shape index (κ1) is 20.8. The van der Waals surface area contributed by atoms with E-state index >= 15 is 4.39 Å². The molecule has 0 unspecified atom stereocenters. The highest BCUT2D eigenvalue weighted by molar-refractivity contribution is 6.05. The Hall–Kier alpha value is -4.12. The lowest BCUT2D eigenvalue weighted by Crippen LogP contribution is -2.49. The molecule has 5 rings (SSSR count). The predicted octanol–water partition coefficient (Wildman–Crippen LogP) is 3.25. The zero-order chi connectivity index (χ0) is 23.3. The summed E-state index contributed by atoms with van der Waals surface area (Å²) in [4.78, 5) is 17.3. The highest BCUT2D eigenvalue weighted by Crippen LogP contribution is 2.44. The third kappa shape index (κ3) is 3.24. The number of phenolic OH excluding ortho intramolecular Hbond substituents is 2. The van der Waals surface area contributed by atoms with Crippen molar-refractivity contribution in [3.05, 3.63) is 48.0 Å². The Labute approximate surface area is 186 Å². The Morgan fingerprint density at radius 2 is 2.03 bits per heavy atom. The molecule has 170 valence electrons. The predicted molar refractivity (Wildman–Crippen MR) is 114 cm³/mol. The number of nitrogens with one attached hydrogen (secondary N) is 1. The van der Waals surface area contributed by atoms with Gasteiger partial charge in [-0.2, -0.15) is 0 Å². The summed E-state index contributed by atoms with van der Waals surface area (Å²) in [7, 11) is 1.29. The van der Waals surface area contributed by atoms with Crippen molar-refractivity contribution in [3.8, 4) is 28.6 Å². The normalized spacial score (nSPS) is 14.8. The summed E-state index contributed by atoms with van der Waals surface area (Å²) in [5.41, 5.74) is 0.740. The van der Waals surface area contributed by atoms with Gasteiger partial charge >= 0.3 is 0 Å². The number of fused-ring (bicyclic) bond motifs is 1. The first-order chi connectivity index (χ1) is 15.8. The molecule has 0 radical (unpaired) electrons. The zero-order valence-electron chi connectivity index (χ0n) is 17.6. The molecule has 3 heterocycles. The maximum absolute atomic E-state index is 15.1. The Bertz CT molecular complexity index is 1380. The molecule has 1 saturated heterocycles. The van der Waals surface area contributed by atoms with Gasteiger partial charge in [0.05, 0.1) is 42.5 Å². The molecule has 0 saturated carbocycles. The summed E-state index contributed by atoms with van der Waals surface area (Å²) < 4.78 is 32.1. The van der Waals surface area contributed by atoms with E-state index in [-0.39, 0.29) is 23.0 Å². The molecule has 0 spiro atoms. The molecule has 0 aliphatic carbocycles. The van der Waals surface area contributed by atoms with Gasteiger partial charge in [-0.15, -0.1) is 0 Å². The van der Waals surface area contributed by atoms with Gasteiger partial charge < -0.3 is 34.1 Å². The van der Waals surface area contributed by atoms with E-state index in [1.807, 2.05) is 6.92 Å². The van der Waals surface area contributed by atoms with Crippen molar-refractivity contribution in [1.82, 2.24) is 14.7 Å². The maximum atomic E-state index is 15.1. The summed E-state index contributed by atoms with van der Waals surface area (Å²) >= 11 is 0. The van der Waals surface area contributed by atoms with Crippen molar-refractivity contribution < 1.29 is 33.4 Å². The highest BCUT2D eigenvalue weighted by atomic mass is 19.1. The van der Waals surface area contributed by atoms with Crippen molar-refractivity contribution in [2.45, 2.75) is 12.5 Å². The Balaban J connectivity index is 1.70. The van der Waals surface area contributed by atoms with Crippen molar-refractivity contribution in [2.75, 3.05) is 25.6 Å². The average Bonchev–Trinajstić information content (AvgIpc) is 3.43. The van der Waals surface area contributed by atoms with E-state index in [4.69, 9.17) is 14.0 Å². The summed E-state index contributed by atoms with van der Waals surface area (Å²) in [5, 5.41) is 26.4. The SMILES string of the molecule is COc1cc(-c2nc3ccc(C(=O)Nc4ccon4)cc3n2C2(C)COC2)c(F)c(O)c1O. The number of phenols is 2. The van der Waals surface area contributed by atoms with Crippen LogP contribution in [0.25, 0.3) is 22.4 Å². The van der Waals surface area contributed by atoms with Gasteiger partial charge in [-0.25, -0.2) is 9.37 Å². The van der Waals surface area contributed by atoms with Crippen molar-refractivity contribution >= 4 is 22.8 Å². The Kier molecular flexibility index (Phi) is 4.71. The average molecular weight is 454 g/mol. The minimum absolute atomic E-state index is 0.0694. The number of aromatic nitrogens is 3. The van der Waals surface area contributed by atoms with Crippen LogP contribution < -0.4 is 10.1 Å². The zero-order valence-corrected chi connectivity index (χ0v) is 17.6. The van der Waals surface area contributed by atoms with Crippen LogP contribution in [0.3, 0.4) is 0 Å². The van der Waals surface area contributed by atoms with Gasteiger partial charge in [-0.05, 0) is 31.2 Å². The van der Waals surface area contributed by atoms with Gasteiger partial charge in [-0.1, -0.05) is 5.16 Å². The molecule has 1 aliphatic heterocycles. The van der Waals surface area contributed by atoms with Crippen LogP contribution in [0.5, 0.6) is 17.2 Å². The highest BCUT2D eigenvalue weighted by Gasteiger charge is 2.39. The van der Waals surface area contributed by atoms with Crippen LogP contribution in [0.4, 0.5) is 10.2 Å². The largest absolute Gasteiger partial charge is 0.502 e. The van der Waals surface area contributed by atoms with E-state index in [0.29, 0.717) is 29.8 Å². The molecule has 2 aromatic heterocycles. The second-order valence-electron chi connectivity index (χ2n) is 7.94. The second-order valence-corrected chi connectivity index (χ2v) is 7.94. The number of carbonyl (C=O) groups is 1. The number of hydrogen-bond donors (Lipinski definition) is 3. The van der Waals surface area contributed by atoms with Crippen LogP contribution in [0, 0.1) is 5.82 Å². The number of aromatic hydroxyl groups is 2. The third-order valence-corrected chi connectivity index (χ3v) is 5.60. The van der Waals surface area contributed by atoms with Gasteiger partial charge in [0.2, 0.25) is 5.75 Å². The molecule has 1 aliphatic rings. The summed E-state index contributed by atoms with van der Waals surface area (Å²) in [6.45, 7) is 2.59. The van der Waals surface area contributed by atoms with Crippen LogP contribution in [0.15, 0.2) is 41.1 Å². The van der Waals surface area contributed by atoms with Gasteiger partial charge in [0.25, 0.3) is 5.91 Å². The number of rotatable bonds is 5. The first-order valence-corrected chi connectivity index (χ1v) is 9.93. The number of amides is 1. The molecular weight excluding hydrogens is 435 g/mol. The van der Waals surface area contributed by atoms with Crippen LogP contribution in [0.1, 0.15) is 17.3 Å². The number of benzene rings is 2. The van der Waals surface area contributed by atoms with Gasteiger partial charge in [0.1, 0.15) is 12.1 Å². The molecule has 1 fully saturated rings. The maximum Gasteiger partial charge on any atom is 0.256 e. The minimum Gasteiger partial charge on any atom is -0.502 e. The molecule has 11 heteroatoms. The number of nitrogens with zero attached hydrogens (tertiary/aromatic N) is 3. The van der Waals surface area contributed by atoms with E-state index in [9.17, 15) is 15.0 Å². The van der Waals surface area contributed by atoms with E-state index in [1.165, 1.54) is 25.5 Å². The smallest absolute Gasteiger partial charge is 0.256 e. The Morgan fingerprint density at radius 3 is 2.67 bits per heavy atom. The number of methoxy groups -OCH3 is 1. The Morgan fingerprint density at radius 1 is 1.24 bits per heavy atom. The van der Waals surface area contributed by atoms with E-state index < -0.39 is 28.8 Å². The lowest BCUT2D eigenvalue weighted by molar-refractivity contribution is -0.0868. The third-order valence-electron chi connectivity index (χ3n) is 5.60. The van der Waals surface area contributed by atoms with Crippen LogP contribution in [-0.2, 0) is 10.3 Å².